The number of ether oxygens (including phenoxy) is 1. The van der Waals surface area contributed by atoms with Crippen LogP contribution in [0.4, 0.5) is 4.79 Å². The highest BCUT2D eigenvalue weighted by Gasteiger charge is 2.02. The molecule has 0 heterocycles. The van der Waals surface area contributed by atoms with Gasteiger partial charge in [-0.25, -0.2) is 10.6 Å². The van der Waals surface area contributed by atoms with Crippen molar-refractivity contribution in [2.75, 3.05) is 0 Å². The zero-order valence-electron chi connectivity index (χ0n) is 7.63. The van der Waals surface area contributed by atoms with Crippen molar-refractivity contribution in [3.63, 3.8) is 0 Å². The fourth-order valence-electron chi connectivity index (χ4n) is 1.13. The van der Waals surface area contributed by atoms with Gasteiger partial charge in [0.15, 0.2) is 0 Å². The maximum absolute atomic E-state index is 10.7. The van der Waals surface area contributed by atoms with E-state index in [-0.39, 0.29) is 0 Å². The summed E-state index contributed by atoms with van der Waals surface area (Å²) in [5.41, 5.74) is 3.97. The van der Waals surface area contributed by atoms with Crippen molar-refractivity contribution in [3.05, 3.63) is 29.3 Å². The lowest BCUT2D eigenvalue weighted by Gasteiger charge is -2.04. The van der Waals surface area contributed by atoms with Crippen LogP contribution < -0.4 is 16.0 Å². The minimum Gasteiger partial charge on any atom is -0.409 e. The van der Waals surface area contributed by atoms with Crippen LogP contribution in [-0.4, -0.2) is 6.09 Å². The molecule has 1 amide bonds. The van der Waals surface area contributed by atoms with Gasteiger partial charge in [-0.1, -0.05) is 6.07 Å². The van der Waals surface area contributed by atoms with E-state index in [0.717, 1.165) is 11.1 Å². The predicted octanol–water partition coefficient (Wildman–Crippen LogP) is 1.27. The summed E-state index contributed by atoms with van der Waals surface area (Å²) in [5.74, 6) is 5.37. The fraction of sp³-hybridized carbons (Fsp3) is 0.222. The van der Waals surface area contributed by atoms with Crippen LogP contribution in [0, 0.1) is 13.8 Å². The molecule has 0 unspecified atom stereocenters. The first kappa shape index (κ1) is 9.54. The number of nitrogens with one attached hydrogen (secondary N) is 1. The number of carbonyl (C=O) groups excluding carboxylic acids is 1. The van der Waals surface area contributed by atoms with Gasteiger partial charge in [0, 0.05) is 0 Å². The summed E-state index contributed by atoms with van der Waals surface area (Å²) in [4.78, 5) is 10.7. The van der Waals surface area contributed by atoms with E-state index in [1.807, 2.05) is 25.3 Å². The summed E-state index contributed by atoms with van der Waals surface area (Å²) in [7, 11) is 0. The summed E-state index contributed by atoms with van der Waals surface area (Å²) in [6, 6.07) is 5.53. The molecular weight excluding hydrogens is 168 g/mol. The first-order chi connectivity index (χ1) is 6.11. The summed E-state index contributed by atoms with van der Waals surface area (Å²) < 4.78 is 4.85. The Kier molecular flexibility index (Phi) is 2.87. The number of hydrogen-bond donors (Lipinski definition) is 2. The van der Waals surface area contributed by atoms with Crippen LogP contribution in [0.15, 0.2) is 18.2 Å². The Hall–Kier alpha value is -1.55. The van der Waals surface area contributed by atoms with E-state index in [4.69, 9.17) is 10.6 Å². The zero-order chi connectivity index (χ0) is 9.84. The smallest absolute Gasteiger partial charge is 0.409 e. The Bertz CT molecular complexity index is 303. The second-order valence-corrected chi connectivity index (χ2v) is 2.86. The molecule has 1 aromatic carbocycles. The summed E-state index contributed by atoms with van der Waals surface area (Å²) in [5, 5.41) is 0. The van der Waals surface area contributed by atoms with E-state index < -0.39 is 6.09 Å². The number of hydrazine groups is 1. The second kappa shape index (κ2) is 3.91. The van der Waals surface area contributed by atoms with Crippen LogP contribution in [0.1, 0.15) is 11.1 Å². The molecule has 0 aliphatic heterocycles. The molecule has 70 valence electrons. The molecule has 13 heavy (non-hydrogen) atoms. The molecule has 0 saturated heterocycles. The highest BCUT2D eigenvalue weighted by molar-refractivity contribution is 5.69. The second-order valence-electron chi connectivity index (χ2n) is 2.86. The summed E-state index contributed by atoms with van der Waals surface area (Å²) >= 11 is 0. The van der Waals surface area contributed by atoms with Crippen LogP contribution in [0.5, 0.6) is 5.75 Å². The van der Waals surface area contributed by atoms with Gasteiger partial charge in [-0.3, -0.25) is 5.43 Å². The monoisotopic (exact) mass is 180 g/mol. The molecule has 0 radical (unpaired) electrons. The van der Waals surface area contributed by atoms with E-state index in [0.29, 0.717) is 5.75 Å². The largest absolute Gasteiger partial charge is 0.426 e. The molecule has 0 bridgehead atoms. The van der Waals surface area contributed by atoms with Crippen LogP contribution in [0.2, 0.25) is 0 Å². The van der Waals surface area contributed by atoms with Crippen molar-refractivity contribution in [3.8, 4) is 5.75 Å². The third-order valence-corrected chi connectivity index (χ3v) is 1.52. The van der Waals surface area contributed by atoms with E-state index in [2.05, 4.69) is 0 Å². The third kappa shape index (κ3) is 2.76. The maximum atomic E-state index is 10.7. The Balaban J connectivity index is 2.83. The number of carbonyl (C=O) groups is 1. The Morgan fingerprint density at radius 2 is 1.85 bits per heavy atom. The molecule has 3 N–H and O–H groups in total. The van der Waals surface area contributed by atoms with Crippen molar-refractivity contribution < 1.29 is 9.53 Å². The van der Waals surface area contributed by atoms with Crippen molar-refractivity contribution in [1.82, 2.24) is 5.43 Å². The number of amides is 1. The van der Waals surface area contributed by atoms with Crippen molar-refractivity contribution >= 4 is 6.09 Å². The van der Waals surface area contributed by atoms with Crippen LogP contribution in [0.25, 0.3) is 0 Å². The summed E-state index contributed by atoms with van der Waals surface area (Å²) in [6.45, 7) is 3.86. The molecular formula is C9H12N2O2. The van der Waals surface area contributed by atoms with Gasteiger partial charge in [-0.05, 0) is 37.1 Å². The molecule has 0 atom stereocenters. The van der Waals surface area contributed by atoms with E-state index in [9.17, 15) is 4.79 Å². The molecule has 1 aromatic rings. The normalized spacial score (nSPS) is 9.46. The molecule has 4 nitrogen and oxygen atoms in total. The third-order valence-electron chi connectivity index (χ3n) is 1.52. The minimum atomic E-state index is -0.662. The standard InChI is InChI=1S/C9H12N2O2/c1-6-3-7(2)5-8(4-6)13-9(12)11-10/h3-5H,10H2,1-2H3,(H,11,12). The first-order valence-corrected chi connectivity index (χ1v) is 3.88. The van der Waals surface area contributed by atoms with Crippen LogP contribution in [-0.2, 0) is 0 Å². The molecule has 0 aliphatic carbocycles. The van der Waals surface area contributed by atoms with Gasteiger partial charge in [-0.2, -0.15) is 0 Å². The van der Waals surface area contributed by atoms with Gasteiger partial charge in [0.05, 0.1) is 0 Å². The number of hydrogen-bond acceptors (Lipinski definition) is 3. The van der Waals surface area contributed by atoms with Gasteiger partial charge >= 0.3 is 6.09 Å². The van der Waals surface area contributed by atoms with E-state index in [1.54, 1.807) is 12.1 Å². The topological polar surface area (TPSA) is 64.3 Å². The fourth-order valence-corrected chi connectivity index (χ4v) is 1.13. The SMILES string of the molecule is Cc1cc(C)cc(OC(=O)NN)c1. The lowest BCUT2D eigenvalue weighted by molar-refractivity contribution is 0.200. The Labute approximate surface area is 76.7 Å². The molecule has 0 aliphatic rings. The zero-order valence-corrected chi connectivity index (χ0v) is 7.63. The molecule has 1 rings (SSSR count). The molecule has 4 heteroatoms. The van der Waals surface area contributed by atoms with Gasteiger partial charge in [0.1, 0.15) is 5.75 Å². The summed E-state index contributed by atoms with van der Waals surface area (Å²) in [6.07, 6.45) is -0.662. The average molecular weight is 180 g/mol. The molecule has 0 spiro atoms. The average Bonchev–Trinajstić information content (AvgIpc) is 2.02. The van der Waals surface area contributed by atoms with Gasteiger partial charge in [0.25, 0.3) is 0 Å². The number of aryl methyl sites for hydroxylation is 2. The quantitative estimate of drug-likeness (QED) is 0.388. The molecule has 0 saturated carbocycles. The first-order valence-electron chi connectivity index (χ1n) is 3.88. The van der Waals surface area contributed by atoms with Crippen molar-refractivity contribution in [2.24, 2.45) is 5.84 Å². The highest BCUT2D eigenvalue weighted by atomic mass is 16.6. The number of benzene rings is 1. The van der Waals surface area contributed by atoms with Crippen LogP contribution >= 0.6 is 0 Å². The number of nitrogens with two attached hydrogens (primary N) is 1. The van der Waals surface area contributed by atoms with E-state index >= 15 is 0 Å². The van der Waals surface area contributed by atoms with E-state index in [1.165, 1.54) is 0 Å². The van der Waals surface area contributed by atoms with Crippen LogP contribution in [0.3, 0.4) is 0 Å². The Morgan fingerprint density at radius 1 is 1.31 bits per heavy atom. The lowest BCUT2D eigenvalue weighted by atomic mass is 10.1. The maximum Gasteiger partial charge on any atom is 0.426 e. The Morgan fingerprint density at radius 3 is 2.31 bits per heavy atom. The van der Waals surface area contributed by atoms with Gasteiger partial charge in [0.2, 0.25) is 0 Å². The minimum absolute atomic E-state index is 0.500. The molecule has 0 fully saturated rings. The van der Waals surface area contributed by atoms with Crippen molar-refractivity contribution in [2.45, 2.75) is 13.8 Å². The van der Waals surface area contributed by atoms with Gasteiger partial charge in [-0.15, -0.1) is 0 Å². The van der Waals surface area contributed by atoms with Crippen molar-refractivity contribution in [1.29, 1.82) is 0 Å². The predicted molar refractivity (Wildman–Crippen MR) is 49.3 cm³/mol. The lowest BCUT2D eigenvalue weighted by Crippen LogP contribution is -2.32. The van der Waals surface area contributed by atoms with Gasteiger partial charge < -0.3 is 4.74 Å². The molecule has 0 aromatic heterocycles. The highest BCUT2D eigenvalue weighted by Crippen LogP contribution is 2.15. The number of rotatable bonds is 1.